The lowest BCUT2D eigenvalue weighted by Gasteiger charge is -2.34. The first-order valence-electron chi connectivity index (χ1n) is 6.85. The van der Waals surface area contributed by atoms with Gasteiger partial charge in [-0.25, -0.2) is 0 Å². The van der Waals surface area contributed by atoms with Gasteiger partial charge in [0.25, 0.3) is 0 Å². The highest BCUT2D eigenvalue weighted by molar-refractivity contribution is 6.04. The fourth-order valence-corrected chi connectivity index (χ4v) is 2.51. The number of hydrogen-bond donors (Lipinski definition) is 1. The number of benzene rings is 2. The number of amides is 1. The first-order valence-corrected chi connectivity index (χ1v) is 6.85. The Hall–Kier alpha value is -2.80. The monoisotopic (exact) mass is 277 g/mol. The molecule has 21 heavy (non-hydrogen) atoms. The summed E-state index contributed by atoms with van der Waals surface area (Å²) in [5.74, 6) is 0.0538. The summed E-state index contributed by atoms with van der Waals surface area (Å²) >= 11 is 0. The molecule has 0 aromatic heterocycles. The van der Waals surface area contributed by atoms with Crippen LogP contribution in [0.5, 0.6) is 0 Å². The van der Waals surface area contributed by atoms with Crippen LogP contribution in [0.25, 0.3) is 0 Å². The van der Waals surface area contributed by atoms with Crippen LogP contribution in [0.4, 0.5) is 11.4 Å². The van der Waals surface area contributed by atoms with Crippen LogP contribution in [-0.4, -0.2) is 11.9 Å². The fourth-order valence-electron chi connectivity index (χ4n) is 2.51. The van der Waals surface area contributed by atoms with E-state index in [1.807, 2.05) is 43.3 Å². The Balaban J connectivity index is 1.93. The van der Waals surface area contributed by atoms with Crippen molar-refractivity contribution >= 4 is 17.3 Å². The summed E-state index contributed by atoms with van der Waals surface area (Å²) in [4.78, 5) is 14.2. The Labute approximate surface area is 123 Å². The molecule has 0 radical (unpaired) electrons. The number of carbonyl (C=O) groups is 1. The number of hydrogen-bond acceptors (Lipinski definition) is 3. The van der Waals surface area contributed by atoms with Crippen molar-refractivity contribution in [2.75, 3.05) is 10.2 Å². The maximum Gasteiger partial charge on any atom is 0.249 e. The Morgan fingerprint density at radius 2 is 1.90 bits per heavy atom. The molecule has 4 heteroatoms. The van der Waals surface area contributed by atoms with Crippen LogP contribution in [0.2, 0.25) is 0 Å². The Morgan fingerprint density at radius 1 is 1.19 bits per heavy atom. The van der Waals surface area contributed by atoms with Crippen LogP contribution in [0.15, 0.2) is 48.5 Å². The molecule has 2 aromatic rings. The van der Waals surface area contributed by atoms with Gasteiger partial charge in [0.1, 0.15) is 6.04 Å². The van der Waals surface area contributed by atoms with Crippen molar-refractivity contribution in [2.24, 2.45) is 0 Å². The number of nitrogens with zero attached hydrogens (tertiary/aromatic N) is 2. The number of rotatable bonds is 2. The highest BCUT2D eigenvalue weighted by atomic mass is 16.2. The molecule has 1 atom stereocenters. The molecule has 0 bridgehead atoms. The number of para-hydroxylation sites is 2. The molecule has 1 N–H and O–H groups in total. The van der Waals surface area contributed by atoms with Gasteiger partial charge >= 0.3 is 0 Å². The zero-order valence-electron chi connectivity index (χ0n) is 11.7. The molecule has 104 valence electrons. The van der Waals surface area contributed by atoms with Gasteiger partial charge in [0.05, 0.1) is 29.6 Å². The molecular formula is C17H15N3O. The molecule has 0 aliphatic carbocycles. The van der Waals surface area contributed by atoms with E-state index in [0.717, 1.165) is 16.9 Å². The number of nitriles is 1. The van der Waals surface area contributed by atoms with E-state index in [1.165, 1.54) is 0 Å². The SMILES string of the molecule is CC1Nc2ccccc2N(Cc2ccc(C#N)cc2)C1=O. The molecule has 0 spiro atoms. The number of anilines is 2. The van der Waals surface area contributed by atoms with Gasteiger partial charge in [0.15, 0.2) is 0 Å². The van der Waals surface area contributed by atoms with Crippen LogP contribution >= 0.6 is 0 Å². The summed E-state index contributed by atoms with van der Waals surface area (Å²) < 4.78 is 0. The van der Waals surface area contributed by atoms with Crippen LogP contribution in [-0.2, 0) is 11.3 Å². The number of fused-ring (bicyclic) bond motifs is 1. The molecule has 1 aliphatic rings. The van der Waals surface area contributed by atoms with Crippen LogP contribution in [0.3, 0.4) is 0 Å². The largest absolute Gasteiger partial charge is 0.372 e. The standard InChI is InChI=1S/C17H15N3O/c1-12-17(21)20(16-5-3-2-4-15(16)19-12)11-14-8-6-13(10-18)7-9-14/h2-9,12,19H,11H2,1H3. The van der Waals surface area contributed by atoms with E-state index in [-0.39, 0.29) is 11.9 Å². The lowest BCUT2D eigenvalue weighted by molar-refractivity contribution is -0.119. The summed E-state index contributed by atoms with van der Waals surface area (Å²) in [6.07, 6.45) is 0. The van der Waals surface area contributed by atoms with Gasteiger partial charge in [-0.2, -0.15) is 5.26 Å². The average molecular weight is 277 g/mol. The second kappa shape index (κ2) is 5.29. The summed E-state index contributed by atoms with van der Waals surface area (Å²) in [5.41, 5.74) is 3.49. The zero-order chi connectivity index (χ0) is 14.8. The molecule has 0 saturated heterocycles. The van der Waals surface area contributed by atoms with Crippen molar-refractivity contribution in [3.63, 3.8) is 0 Å². The third kappa shape index (κ3) is 2.46. The molecule has 0 fully saturated rings. The predicted octanol–water partition coefficient (Wildman–Crippen LogP) is 2.91. The minimum atomic E-state index is -0.238. The lowest BCUT2D eigenvalue weighted by Crippen LogP contribution is -2.45. The van der Waals surface area contributed by atoms with Gasteiger partial charge in [-0.05, 0) is 36.8 Å². The summed E-state index contributed by atoms with van der Waals surface area (Å²) in [7, 11) is 0. The van der Waals surface area contributed by atoms with E-state index in [4.69, 9.17) is 5.26 Å². The van der Waals surface area contributed by atoms with Crippen LogP contribution < -0.4 is 10.2 Å². The van der Waals surface area contributed by atoms with Crippen LogP contribution in [0.1, 0.15) is 18.1 Å². The lowest BCUT2D eigenvalue weighted by atomic mass is 10.1. The second-order valence-corrected chi connectivity index (χ2v) is 5.12. The van der Waals surface area contributed by atoms with E-state index in [0.29, 0.717) is 12.1 Å². The van der Waals surface area contributed by atoms with Crippen molar-refractivity contribution in [1.82, 2.24) is 0 Å². The van der Waals surface area contributed by atoms with Crippen LogP contribution in [0, 0.1) is 11.3 Å². The van der Waals surface area contributed by atoms with E-state index in [2.05, 4.69) is 11.4 Å². The highest BCUT2D eigenvalue weighted by Gasteiger charge is 2.29. The fraction of sp³-hybridized carbons (Fsp3) is 0.176. The maximum atomic E-state index is 12.4. The van der Waals surface area contributed by atoms with Gasteiger partial charge in [0, 0.05) is 0 Å². The quantitative estimate of drug-likeness (QED) is 0.918. The zero-order valence-corrected chi connectivity index (χ0v) is 11.7. The minimum Gasteiger partial charge on any atom is -0.372 e. The summed E-state index contributed by atoms with van der Waals surface area (Å²) in [5, 5.41) is 12.0. The molecule has 1 aliphatic heterocycles. The van der Waals surface area contributed by atoms with Crippen molar-refractivity contribution in [1.29, 1.82) is 5.26 Å². The topological polar surface area (TPSA) is 56.1 Å². The van der Waals surface area contributed by atoms with Gasteiger partial charge in [-0.3, -0.25) is 4.79 Å². The predicted molar refractivity (Wildman–Crippen MR) is 81.9 cm³/mol. The smallest absolute Gasteiger partial charge is 0.249 e. The first-order chi connectivity index (χ1) is 10.2. The van der Waals surface area contributed by atoms with Crippen molar-refractivity contribution in [2.45, 2.75) is 19.5 Å². The molecule has 3 rings (SSSR count). The van der Waals surface area contributed by atoms with Gasteiger partial charge in [-0.15, -0.1) is 0 Å². The molecule has 0 saturated carbocycles. The van der Waals surface area contributed by atoms with E-state index >= 15 is 0 Å². The molecule has 1 amide bonds. The third-order valence-corrected chi connectivity index (χ3v) is 3.63. The van der Waals surface area contributed by atoms with Gasteiger partial charge in [0.2, 0.25) is 5.91 Å². The van der Waals surface area contributed by atoms with Crippen molar-refractivity contribution < 1.29 is 4.79 Å². The number of carbonyl (C=O) groups excluding carboxylic acids is 1. The average Bonchev–Trinajstić information content (AvgIpc) is 2.52. The highest BCUT2D eigenvalue weighted by Crippen LogP contribution is 2.32. The molecule has 1 unspecified atom stereocenters. The third-order valence-electron chi connectivity index (χ3n) is 3.63. The van der Waals surface area contributed by atoms with E-state index in [9.17, 15) is 4.79 Å². The Bertz CT molecular complexity index is 716. The molecule has 4 nitrogen and oxygen atoms in total. The van der Waals surface area contributed by atoms with Crippen molar-refractivity contribution in [3.05, 3.63) is 59.7 Å². The molecule has 2 aromatic carbocycles. The molecule has 1 heterocycles. The van der Waals surface area contributed by atoms with Crippen molar-refractivity contribution in [3.8, 4) is 6.07 Å². The summed E-state index contributed by atoms with van der Waals surface area (Å²) in [6.45, 7) is 2.37. The maximum absolute atomic E-state index is 12.4. The number of nitrogens with one attached hydrogen (secondary N) is 1. The first kappa shape index (κ1) is 13.2. The normalized spacial score (nSPS) is 16.9. The van der Waals surface area contributed by atoms with Gasteiger partial charge < -0.3 is 10.2 Å². The van der Waals surface area contributed by atoms with E-state index in [1.54, 1.807) is 17.0 Å². The minimum absolute atomic E-state index is 0.0538. The Kier molecular flexibility index (Phi) is 3.33. The van der Waals surface area contributed by atoms with Gasteiger partial charge in [-0.1, -0.05) is 24.3 Å². The second-order valence-electron chi connectivity index (χ2n) is 5.12. The van der Waals surface area contributed by atoms with E-state index < -0.39 is 0 Å². The molecular weight excluding hydrogens is 262 g/mol. The Morgan fingerprint density at radius 3 is 2.62 bits per heavy atom. The summed E-state index contributed by atoms with van der Waals surface area (Å²) in [6, 6.07) is 17.0.